The predicted octanol–water partition coefficient (Wildman–Crippen LogP) is 4.81. The zero-order valence-electron chi connectivity index (χ0n) is 17.9. The van der Waals surface area contributed by atoms with Crippen LogP contribution in [0.2, 0.25) is 0 Å². The number of amides is 1. The zero-order valence-corrected chi connectivity index (χ0v) is 17.9. The van der Waals surface area contributed by atoms with E-state index in [1.807, 2.05) is 30.3 Å². The van der Waals surface area contributed by atoms with Crippen molar-refractivity contribution in [2.45, 2.75) is 33.1 Å². The van der Waals surface area contributed by atoms with E-state index < -0.39 is 0 Å². The topological polar surface area (TPSA) is 57.3 Å². The molecule has 1 amide bonds. The smallest absolute Gasteiger partial charge is 0.252 e. The summed E-state index contributed by atoms with van der Waals surface area (Å²) in [6.07, 6.45) is 3.57. The maximum Gasteiger partial charge on any atom is 0.252 e. The fraction of sp³-hybridized carbons (Fsp3) is 0.360. The number of para-hydroxylation sites is 1. The summed E-state index contributed by atoms with van der Waals surface area (Å²) >= 11 is 0. The molecule has 0 saturated carbocycles. The number of hydrogen-bond donors (Lipinski definition) is 2. The Hall–Kier alpha value is -2.92. The Kier molecular flexibility index (Phi) is 6.29. The van der Waals surface area contributed by atoms with Gasteiger partial charge in [0.15, 0.2) is 0 Å². The van der Waals surface area contributed by atoms with Gasteiger partial charge >= 0.3 is 0 Å². The second-order valence-electron chi connectivity index (χ2n) is 8.17. The SMILES string of the molecule is Cc1ccc(Nc2cc(C(=O)NCCCN3CCCC3)c3ccccc3n2)c(C)c1. The van der Waals surface area contributed by atoms with Crippen molar-refractivity contribution in [1.82, 2.24) is 15.2 Å². The number of nitrogens with one attached hydrogen (secondary N) is 2. The molecule has 4 rings (SSSR count). The maximum atomic E-state index is 13.0. The Labute approximate surface area is 178 Å². The van der Waals surface area contributed by atoms with Crippen molar-refractivity contribution in [2.24, 2.45) is 0 Å². The van der Waals surface area contributed by atoms with Gasteiger partial charge in [-0.1, -0.05) is 35.9 Å². The van der Waals surface area contributed by atoms with Crippen LogP contribution >= 0.6 is 0 Å². The molecule has 2 N–H and O–H groups in total. The Morgan fingerprint density at radius 3 is 2.67 bits per heavy atom. The first-order valence-corrected chi connectivity index (χ1v) is 10.8. The van der Waals surface area contributed by atoms with Crippen LogP contribution < -0.4 is 10.6 Å². The fourth-order valence-corrected chi connectivity index (χ4v) is 4.13. The zero-order chi connectivity index (χ0) is 20.9. The predicted molar refractivity (Wildman–Crippen MR) is 124 cm³/mol. The van der Waals surface area contributed by atoms with Gasteiger partial charge in [-0.25, -0.2) is 4.98 Å². The number of carbonyl (C=O) groups excluding carboxylic acids is 1. The van der Waals surface area contributed by atoms with Gasteiger partial charge in [-0.2, -0.15) is 0 Å². The van der Waals surface area contributed by atoms with Gasteiger partial charge in [0.1, 0.15) is 5.82 Å². The minimum Gasteiger partial charge on any atom is -0.352 e. The number of benzene rings is 2. The molecular formula is C25H30N4O. The van der Waals surface area contributed by atoms with E-state index in [1.54, 1.807) is 0 Å². The van der Waals surface area contributed by atoms with Crippen LogP contribution in [0.15, 0.2) is 48.5 Å². The van der Waals surface area contributed by atoms with Crippen molar-refractivity contribution < 1.29 is 4.79 Å². The minimum absolute atomic E-state index is 0.0429. The Bertz CT molecular complexity index is 1040. The maximum absolute atomic E-state index is 13.0. The Morgan fingerprint density at radius 1 is 1.07 bits per heavy atom. The van der Waals surface area contributed by atoms with Gasteiger partial charge in [-0.15, -0.1) is 0 Å². The Morgan fingerprint density at radius 2 is 1.87 bits per heavy atom. The molecule has 2 aromatic carbocycles. The normalized spacial score (nSPS) is 14.2. The highest BCUT2D eigenvalue weighted by Crippen LogP contribution is 2.25. The van der Waals surface area contributed by atoms with E-state index in [0.717, 1.165) is 35.1 Å². The molecule has 30 heavy (non-hydrogen) atoms. The van der Waals surface area contributed by atoms with E-state index in [0.29, 0.717) is 17.9 Å². The molecule has 0 aliphatic carbocycles. The molecule has 1 fully saturated rings. The minimum atomic E-state index is -0.0429. The first-order chi connectivity index (χ1) is 14.6. The van der Waals surface area contributed by atoms with Crippen LogP contribution in [-0.2, 0) is 0 Å². The van der Waals surface area contributed by atoms with E-state index in [2.05, 4.69) is 47.6 Å². The van der Waals surface area contributed by atoms with E-state index in [9.17, 15) is 4.79 Å². The van der Waals surface area contributed by atoms with Crippen molar-refractivity contribution in [3.05, 3.63) is 65.2 Å². The van der Waals surface area contributed by atoms with Gasteiger partial charge in [0.25, 0.3) is 5.91 Å². The largest absolute Gasteiger partial charge is 0.352 e. The number of rotatable bonds is 7. The summed E-state index contributed by atoms with van der Waals surface area (Å²) in [6, 6.07) is 15.9. The number of anilines is 2. The number of aryl methyl sites for hydroxylation is 2. The third-order valence-electron chi connectivity index (χ3n) is 5.74. The van der Waals surface area contributed by atoms with Crippen molar-refractivity contribution in [2.75, 3.05) is 31.5 Å². The van der Waals surface area contributed by atoms with Gasteiger partial charge < -0.3 is 15.5 Å². The summed E-state index contributed by atoms with van der Waals surface area (Å²) in [4.78, 5) is 20.2. The molecule has 1 aromatic heterocycles. The third kappa shape index (κ3) is 4.79. The molecule has 0 spiro atoms. The molecule has 5 nitrogen and oxygen atoms in total. The lowest BCUT2D eigenvalue weighted by molar-refractivity contribution is 0.0953. The second-order valence-corrected chi connectivity index (χ2v) is 8.17. The Balaban J connectivity index is 1.51. The summed E-state index contributed by atoms with van der Waals surface area (Å²) in [5.41, 5.74) is 4.85. The van der Waals surface area contributed by atoms with Crippen molar-refractivity contribution >= 4 is 28.3 Å². The first kappa shape index (κ1) is 20.4. The molecule has 0 atom stereocenters. The summed E-state index contributed by atoms with van der Waals surface area (Å²) in [5.74, 6) is 0.640. The molecule has 0 bridgehead atoms. The number of pyridine rings is 1. The van der Waals surface area contributed by atoms with E-state index in [4.69, 9.17) is 4.98 Å². The van der Waals surface area contributed by atoms with Gasteiger partial charge in [0.05, 0.1) is 11.1 Å². The molecule has 0 radical (unpaired) electrons. The number of nitrogens with zero attached hydrogens (tertiary/aromatic N) is 2. The first-order valence-electron chi connectivity index (χ1n) is 10.8. The summed E-state index contributed by atoms with van der Waals surface area (Å²) < 4.78 is 0. The highest BCUT2D eigenvalue weighted by atomic mass is 16.1. The number of likely N-dealkylation sites (tertiary alicyclic amines) is 1. The number of aromatic nitrogens is 1. The molecule has 1 saturated heterocycles. The van der Waals surface area contributed by atoms with E-state index >= 15 is 0 Å². The average Bonchev–Trinajstić information content (AvgIpc) is 3.26. The summed E-state index contributed by atoms with van der Waals surface area (Å²) in [6.45, 7) is 8.27. The van der Waals surface area contributed by atoms with Crippen LogP contribution in [0.25, 0.3) is 10.9 Å². The van der Waals surface area contributed by atoms with Crippen LogP contribution in [0.5, 0.6) is 0 Å². The van der Waals surface area contributed by atoms with Gasteiger partial charge in [-0.05, 0) is 76.5 Å². The molecule has 1 aliphatic heterocycles. The lowest BCUT2D eigenvalue weighted by Gasteiger charge is -2.15. The van der Waals surface area contributed by atoms with Crippen LogP contribution in [0.1, 0.15) is 40.7 Å². The highest BCUT2D eigenvalue weighted by Gasteiger charge is 2.14. The van der Waals surface area contributed by atoms with Crippen LogP contribution in [-0.4, -0.2) is 42.0 Å². The van der Waals surface area contributed by atoms with Crippen LogP contribution in [0, 0.1) is 13.8 Å². The number of carbonyl (C=O) groups is 1. The summed E-state index contributed by atoms with van der Waals surface area (Å²) in [5, 5.41) is 7.37. The quantitative estimate of drug-likeness (QED) is 0.557. The fourth-order valence-electron chi connectivity index (χ4n) is 4.13. The standard InChI is InChI=1S/C25H30N4O/c1-18-10-11-22(19(2)16-18)27-24-17-21(20-8-3-4-9-23(20)28-24)25(30)26-12-7-15-29-13-5-6-14-29/h3-4,8-11,16-17H,5-7,12-15H2,1-2H3,(H,26,30)(H,27,28). The molecule has 156 valence electrons. The monoisotopic (exact) mass is 402 g/mol. The lowest BCUT2D eigenvalue weighted by atomic mass is 10.1. The van der Waals surface area contributed by atoms with Gasteiger partial charge in [0, 0.05) is 17.6 Å². The van der Waals surface area contributed by atoms with Gasteiger partial charge in [-0.3, -0.25) is 4.79 Å². The van der Waals surface area contributed by atoms with Crippen molar-refractivity contribution in [3.63, 3.8) is 0 Å². The van der Waals surface area contributed by atoms with Gasteiger partial charge in [0.2, 0.25) is 0 Å². The van der Waals surface area contributed by atoms with Crippen LogP contribution in [0.3, 0.4) is 0 Å². The molecule has 5 heteroatoms. The van der Waals surface area contributed by atoms with E-state index in [-0.39, 0.29) is 5.91 Å². The molecule has 2 heterocycles. The molecule has 1 aliphatic rings. The second kappa shape index (κ2) is 9.26. The third-order valence-corrected chi connectivity index (χ3v) is 5.74. The van der Waals surface area contributed by atoms with Crippen molar-refractivity contribution in [1.29, 1.82) is 0 Å². The van der Waals surface area contributed by atoms with Crippen LogP contribution in [0.4, 0.5) is 11.5 Å². The van der Waals surface area contributed by atoms with E-state index in [1.165, 1.54) is 31.5 Å². The average molecular weight is 403 g/mol. The highest BCUT2D eigenvalue weighted by molar-refractivity contribution is 6.07. The molecular weight excluding hydrogens is 372 g/mol. The number of fused-ring (bicyclic) bond motifs is 1. The molecule has 3 aromatic rings. The lowest BCUT2D eigenvalue weighted by Crippen LogP contribution is -2.28. The summed E-state index contributed by atoms with van der Waals surface area (Å²) in [7, 11) is 0. The van der Waals surface area contributed by atoms with Crippen molar-refractivity contribution in [3.8, 4) is 0 Å². The molecule has 0 unspecified atom stereocenters. The number of hydrogen-bond acceptors (Lipinski definition) is 4.